The Bertz CT molecular complexity index is 498. The van der Waals surface area contributed by atoms with E-state index in [9.17, 15) is 17.6 Å². The van der Waals surface area contributed by atoms with Gasteiger partial charge in [-0.15, -0.1) is 0 Å². The molecule has 17 heavy (non-hydrogen) atoms. The van der Waals surface area contributed by atoms with Crippen LogP contribution in [0.1, 0.15) is 18.5 Å². The quantitative estimate of drug-likeness (QED) is 0.824. The number of carboxylic acid groups (broad SMARTS) is 1. The molecule has 0 radical (unpaired) electrons. The second-order valence-electron chi connectivity index (χ2n) is 3.54. The van der Waals surface area contributed by atoms with Crippen molar-refractivity contribution < 1.29 is 22.7 Å². The van der Waals surface area contributed by atoms with Gasteiger partial charge in [0.2, 0.25) is 10.0 Å². The minimum Gasteiger partial charge on any atom is -0.480 e. The molecule has 1 atom stereocenters. The number of halogens is 1. The van der Waals surface area contributed by atoms with E-state index in [0.717, 1.165) is 0 Å². The molecule has 94 valence electrons. The van der Waals surface area contributed by atoms with Gasteiger partial charge in [-0.05, 0) is 24.6 Å². The Kier molecular flexibility index (Phi) is 4.19. The molecule has 0 fully saturated rings. The molecule has 1 aromatic rings. The molecule has 1 rings (SSSR count). The van der Waals surface area contributed by atoms with Crippen LogP contribution in [-0.4, -0.2) is 25.2 Å². The Hall–Kier alpha value is -1.47. The highest BCUT2D eigenvalue weighted by Crippen LogP contribution is 2.13. The second-order valence-corrected chi connectivity index (χ2v) is 5.30. The lowest BCUT2D eigenvalue weighted by atomic mass is 10.1. The Morgan fingerprint density at radius 3 is 2.41 bits per heavy atom. The van der Waals surface area contributed by atoms with Crippen molar-refractivity contribution in [2.75, 3.05) is 5.75 Å². The molecule has 0 spiro atoms. The third kappa shape index (κ3) is 4.49. The van der Waals surface area contributed by atoms with E-state index < -0.39 is 33.6 Å². The van der Waals surface area contributed by atoms with Gasteiger partial charge in [0.05, 0.1) is 0 Å². The van der Waals surface area contributed by atoms with Gasteiger partial charge in [0.15, 0.2) is 5.75 Å². The van der Waals surface area contributed by atoms with Crippen LogP contribution in [-0.2, 0) is 14.8 Å². The van der Waals surface area contributed by atoms with E-state index in [1.165, 1.54) is 24.3 Å². The van der Waals surface area contributed by atoms with E-state index in [1.54, 1.807) is 6.92 Å². The molecule has 0 saturated heterocycles. The second kappa shape index (κ2) is 5.24. The standard InChI is InChI=1S/C10H12FNO4S/c1-7(8-2-4-9(11)5-3-8)12-17(15,16)6-10(13)14/h2-5,7,12H,6H2,1H3,(H,13,14). The Labute approximate surface area is 98.3 Å². The highest BCUT2D eigenvalue weighted by Gasteiger charge is 2.19. The lowest BCUT2D eigenvalue weighted by molar-refractivity contribution is -0.134. The van der Waals surface area contributed by atoms with Crippen LogP contribution >= 0.6 is 0 Å². The summed E-state index contributed by atoms with van der Waals surface area (Å²) in [6, 6.07) is 4.67. The highest BCUT2D eigenvalue weighted by atomic mass is 32.2. The van der Waals surface area contributed by atoms with Gasteiger partial charge >= 0.3 is 5.97 Å². The zero-order valence-electron chi connectivity index (χ0n) is 9.05. The van der Waals surface area contributed by atoms with Gasteiger partial charge in [-0.3, -0.25) is 4.79 Å². The first kappa shape index (κ1) is 13.6. The molecule has 0 bridgehead atoms. The minimum absolute atomic E-state index is 0.422. The lowest BCUT2D eigenvalue weighted by Crippen LogP contribution is -2.32. The molecule has 0 aliphatic rings. The van der Waals surface area contributed by atoms with Gasteiger partial charge in [-0.2, -0.15) is 0 Å². The van der Waals surface area contributed by atoms with E-state index in [2.05, 4.69) is 4.72 Å². The maximum Gasteiger partial charge on any atom is 0.320 e. The van der Waals surface area contributed by atoms with Crippen LogP contribution in [0.25, 0.3) is 0 Å². The summed E-state index contributed by atoms with van der Waals surface area (Å²) < 4.78 is 37.5. The number of hydrogen-bond donors (Lipinski definition) is 2. The fourth-order valence-corrected chi connectivity index (χ4v) is 2.38. The largest absolute Gasteiger partial charge is 0.480 e. The van der Waals surface area contributed by atoms with Crippen LogP contribution in [0.15, 0.2) is 24.3 Å². The predicted octanol–water partition coefficient (Wildman–Crippen LogP) is 0.891. The van der Waals surface area contributed by atoms with Gasteiger partial charge in [0.25, 0.3) is 0 Å². The molecule has 0 aromatic heterocycles. The zero-order chi connectivity index (χ0) is 13.1. The summed E-state index contributed by atoms with van der Waals surface area (Å²) in [6.07, 6.45) is 0. The Balaban J connectivity index is 2.75. The molecule has 1 unspecified atom stereocenters. The molecule has 0 heterocycles. The average Bonchev–Trinajstić information content (AvgIpc) is 2.15. The van der Waals surface area contributed by atoms with Crippen LogP contribution in [0.2, 0.25) is 0 Å². The van der Waals surface area contributed by atoms with Crippen LogP contribution in [0, 0.1) is 5.82 Å². The number of carbonyl (C=O) groups is 1. The maximum atomic E-state index is 12.6. The topological polar surface area (TPSA) is 83.5 Å². The van der Waals surface area contributed by atoms with Gasteiger partial charge < -0.3 is 5.11 Å². The fraction of sp³-hybridized carbons (Fsp3) is 0.300. The van der Waals surface area contributed by atoms with E-state index in [1.807, 2.05) is 0 Å². The first-order chi connectivity index (χ1) is 7.80. The molecule has 0 saturated carbocycles. The summed E-state index contributed by atoms with van der Waals surface area (Å²) in [4.78, 5) is 10.3. The highest BCUT2D eigenvalue weighted by molar-refractivity contribution is 7.90. The molecule has 2 N–H and O–H groups in total. The number of benzene rings is 1. The van der Waals surface area contributed by atoms with E-state index >= 15 is 0 Å². The van der Waals surface area contributed by atoms with Gasteiger partial charge in [0.1, 0.15) is 5.82 Å². The molecular weight excluding hydrogens is 249 g/mol. The average molecular weight is 261 g/mol. The third-order valence-corrected chi connectivity index (χ3v) is 3.38. The molecule has 0 amide bonds. The molecule has 0 aliphatic heterocycles. The van der Waals surface area contributed by atoms with Crippen molar-refractivity contribution in [2.45, 2.75) is 13.0 Å². The zero-order valence-corrected chi connectivity index (χ0v) is 9.87. The Morgan fingerprint density at radius 2 is 1.94 bits per heavy atom. The van der Waals surface area contributed by atoms with Crippen LogP contribution < -0.4 is 4.72 Å². The van der Waals surface area contributed by atoms with Crippen LogP contribution in [0.4, 0.5) is 4.39 Å². The molecule has 1 aromatic carbocycles. The number of sulfonamides is 1. The number of nitrogens with one attached hydrogen (secondary N) is 1. The first-order valence-corrected chi connectivity index (χ1v) is 6.42. The van der Waals surface area contributed by atoms with Crippen molar-refractivity contribution >= 4 is 16.0 Å². The van der Waals surface area contributed by atoms with E-state index in [-0.39, 0.29) is 0 Å². The molecule has 5 nitrogen and oxygen atoms in total. The van der Waals surface area contributed by atoms with Crippen LogP contribution in [0.3, 0.4) is 0 Å². The van der Waals surface area contributed by atoms with E-state index in [0.29, 0.717) is 5.56 Å². The van der Waals surface area contributed by atoms with Crippen molar-refractivity contribution in [3.05, 3.63) is 35.6 Å². The molecular formula is C10H12FNO4S. The van der Waals surface area contributed by atoms with Gasteiger partial charge in [-0.1, -0.05) is 12.1 Å². The summed E-state index contributed by atoms with van der Waals surface area (Å²) in [5.41, 5.74) is 0.556. The van der Waals surface area contributed by atoms with E-state index in [4.69, 9.17) is 5.11 Å². The molecule has 7 heteroatoms. The summed E-state index contributed by atoms with van der Waals surface area (Å²) in [5, 5.41) is 8.40. The lowest BCUT2D eigenvalue weighted by Gasteiger charge is -2.13. The first-order valence-electron chi connectivity index (χ1n) is 4.77. The SMILES string of the molecule is CC(NS(=O)(=O)CC(=O)O)c1ccc(F)cc1. The number of hydrogen-bond acceptors (Lipinski definition) is 3. The number of carboxylic acids is 1. The molecule has 0 aliphatic carbocycles. The maximum absolute atomic E-state index is 12.6. The van der Waals surface area contributed by atoms with Crippen molar-refractivity contribution in [3.63, 3.8) is 0 Å². The van der Waals surface area contributed by atoms with Crippen molar-refractivity contribution in [1.82, 2.24) is 4.72 Å². The summed E-state index contributed by atoms with van der Waals surface area (Å²) in [5.74, 6) is -2.84. The summed E-state index contributed by atoms with van der Waals surface area (Å²) in [6.45, 7) is 1.55. The summed E-state index contributed by atoms with van der Waals surface area (Å²) in [7, 11) is -3.88. The minimum atomic E-state index is -3.88. The fourth-order valence-electron chi connectivity index (χ4n) is 1.29. The van der Waals surface area contributed by atoms with Gasteiger partial charge in [0, 0.05) is 6.04 Å². The van der Waals surface area contributed by atoms with Crippen molar-refractivity contribution in [1.29, 1.82) is 0 Å². The Morgan fingerprint density at radius 1 is 1.41 bits per heavy atom. The third-order valence-electron chi connectivity index (χ3n) is 2.04. The van der Waals surface area contributed by atoms with Crippen LogP contribution in [0.5, 0.6) is 0 Å². The van der Waals surface area contributed by atoms with Crippen molar-refractivity contribution in [3.8, 4) is 0 Å². The predicted molar refractivity (Wildman–Crippen MR) is 59.4 cm³/mol. The summed E-state index contributed by atoms with van der Waals surface area (Å²) >= 11 is 0. The van der Waals surface area contributed by atoms with Gasteiger partial charge in [-0.25, -0.2) is 17.5 Å². The smallest absolute Gasteiger partial charge is 0.320 e. The number of rotatable bonds is 5. The normalized spacial score (nSPS) is 13.3. The van der Waals surface area contributed by atoms with Crippen molar-refractivity contribution in [2.24, 2.45) is 0 Å². The monoisotopic (exact) mass is 261 g/mol. The number of aliphatic carboxylic acids is 1.